The quantitative estimate of drug-likeness (QED) is 0.720. The molecule has 0 saturated carbocycles. The van der Waals surface area contributed by atoms with Crippen molar-refractivity contribution >= 4 is 5.78 Å². The number of aromatic nitrogens is 1. The number of benzene rings is 1. The molecule has 0 aliphatic heterocycles. The van der Waals surface area contributed by atoms with Crippen molar-refractivity contribution in [2.45, 2.75) is 6.92 Å². The van der Waals surface area contributed by atoms with Crippen molar-refractivity contribution in [3.63, 3.8) is 0 Å². The topological polar surface area (TPSA) is 30.0 Å². The van der Waals surface area contributed by atoms with Crippen LogP contribution in [0.4, 0.5) is 4.39 Å². The Labute approximate surface area is 92.8 Å². The standard InChI is InChI=1S/C13H10FNO/c1-9(16)11-2-3-13(14)12(8-11)10-4-6-15-7-5-10/h2-8H,1H3. The fraction of sp³-hybridized carbons (Fsp3) is 0.0769. The highest BCUT2D eigenvalue weighted by molar-refractivity contribution is 5.95. The van der Waals surface area contributed by atoms with E-state index in [4.69, 9.17) is 0 Å². The van der Waals surface area contributed by atoms with Gasteiger partial charge in [-0.1, -0.05) is 0 Å². The van der Waals surface area contributed by atoms with Crippen molar-refractivity contribution in [3.05, 3.63) is 54.1 Å². The van der Waals surface area contributed by atoms with Gasteiger partial charge in [-0.25, -0.2) is 4.39 Å². The molecular weight excluding hydrogens is 205 g/mol. The monoisotopic (exact) mass is 215 g/mol. The lowest BCUT2D eigenvalue weighted by Crippen LogP contribution is -1.94. The zero-order valence-corrected chi connectivity index (χ0v) is 8.77. The van der Waals surface area contributed by atoms with Gasteiger partial charge in [-0.15, -0.1) is 0 Å². The summed E-state index contributed by atoms with van der Waals surface area (Å²) < 4.78 is 13.6. The number of hydrogen-bond acceptors (Lipinski definition) is 2. The number of nitrogens with zero attached hydrogens (tertiary/aromatic N) is 1. The lowest BCUT2D eigenvalue weighted by Gasteiger charge is -2.04. The van der Waals surface area contributed by atoms with E-state index in [1.54, 1.807) is 30.6 Å². The zero-order valence-electron chi connectivity index (χ0n) is 8.77. The Hall–Kier alpha value is -2.03. The second-order valence-corrected chi connectivity index (χ2v) is 3.49. The maximum absolute atomic E-state index is 13.6. The van der Waals surface area contributed by atoms with Crippen LogP contribution in [0.3, 0.4) is 0 Å². The molecular formula is C13H10FNO. The van der Waals surface area contributed by atoms with E-state index in [1.807, 2.05) is 0 Å². The SMILES string of the molecule is CC(=O)c1ccc(F)c(-c2ccncc2)c1. The molecule has 16 heavy (non-hydrogen) atoms. The molecule has 0 fully saturated rings. The summed E-state index contributed by atoms with van der Waals surface area (Å²) in [6.07, 6.45) is 3.18. The van der Waals surface area contributed by atoms with Gasteiger partial charge in [0.05, 0.1) is 0 Å². The largest absolute Gasteiger partial charge is 0.295 e. The minimum Gasteiger partial charge on any atom is -0.295 e. The van der Waals surface area contributed by atoms with Crippen molar-refractivity contribution in [2.24, 2.45) is 0 Å². The molecule has 0 aliphatic rings. The van der Waals surface area contributed by atoms with E-state index in [9.17, 15) is 9.18 Å². The zero-order chi connectivity index (χ0) is 11.5. The van der Waals surface area contributed by atoms with Crippen LogP contribution < -0.4 is 0 Å². The van der Waals surface area contributed by atoms with Gasteiger partial charge in [-0.05, 0) is 42.8 Å². The molecule has 1 aromatic carbocycles. The van der Waals surface area contributed by atoms with Crippen LogP contribution in [-0.4, -0.2) is 10.8 Å². The van der Waals surface area contributed by atoms with Gasteiger partial charge in [-0.2, -0.15) is 0 Å². The molecule has 0 unspecified atom stereocenters. The van der Waals surface area contributed by atoms with Crippen LogP contribution in [0, 0.1) is 5.82 Å². The van der Waals surface area contributed by atoms with Gasteiger partial charge in [0, 0.05) is 23.5 Å². The Kier molecular flexibility index (Phi) is 2.77. The summed E-state index contributed by atoms with van der Waals surface area (Å²) in [5.41, 5.74) is 1.65. The number of carbonyl (C=O) groups excluding carboxylic acids is 1. The third-order valence-electron chi connectivity index (χ3n) is 2.36. The molecule has 0 radical (unpaired) electrons. The highest BCUT2D eigenvalue weighted by atomic mass is 19.1. The van der Waals surface area contributed by atoms with Gasteiger partial charge >= 0.3 is 0 Å². The first kappa shape index (κ1) is 10.5. The fourth-order valence-electron chi connectivity index (χ4n) is 1.50. The molecule has 80 valence electrons. The molecule has 0 amide bonds. The molecule has 1 heterocycles. The van der Waals surface area contributed by atoms with Gasteiger partial charge in [0.2, 0.25) is 0 Å². The maximum atomic E-state index is 13.6. The number of rotatable bonds is 2. The Morgan fingerprint density at radius 3 is 2.50 bits per heavy atom. The number of halogens is 1. The first-order chi connectivity index (χ1) is 7.68. The molecule has 0 bridgehead atoms. The molecule has 3 heteroatoms. The molecule has 0 N–H and O–H groups in total. The first-order valence-corrected chi connectivity index (χ1v) is 4.89. The molecule has 2 nitrogen and oxygen atoms in total. The van der Waals surface area contributed by atoms with Crippen molar-refractivity contribution in [3.8, 4) is 11.1 Å². The minimum atomic E-state index is -0.337. The number of ketones is 1. The van der Waals surface area contributed by atoms with E-state index in [0.717, 1.165) is 5.56 Å². The second-order valence-electron chi connectivity index (χ2n) is 3.49. The van der Waals surface area contributed by atoms with Crippen LogP contribution in [0.1, 0.15) is 17.3 Å². The van der Waals surface area contributed by atoms with E-state index < -0.39 is 0 Å². The Morgan fingerprint density at radius 1 is 1.19 bits per heavy atom. The maximum Gasteiger partial charge on any atom is 0.159 e. The summed E-state index contributed by atoms with van der Waals surface area (Å²) >= 11 is 0. The summed E-state index contributed by atoms with van der Waals surface area (Å²) in [5.74, 6) is -0.411. The average molecular weight is 215 g/mol. The third kappa shape index (κ3) is 1.98. The lowest BCUT2D eigenvalue weighted by molar-refractivity contribution is 0.101. The van der Waals surface area contributed by atoms with Crippen molar-refractivity contribution in [1.82, 2.24) is 4.98 Å². The van der Waals surface area contributed by atoms with E-state index >= 15 is 0 Å². The Balaban J connectivity index is 2.56. The summed E-state index contributed by atoms with van der Waals surface area (Å²) in [4.78, 5) is 15.1. The molecule has 2 aromatic rings. The second kappa shape index (κ2) is 4.23. The van der Waals surface area contributed by atoms with Gasteiger partial charge < -0.3 is 0 Å². The fourth-order valence-corrected chi connectivity index (χ4v) is 1.50. The van der Waals surface area contributed by atoms with Gasteiger partial charge in [0.15, 0.2) is 5.78 Å². The molecule has 0 aliphatic carbocycles. The van der Waals surface area contributed by atoms with E-state index in [2.05, 4.69) is 4.98 Å². The van der Waals surface area contributed by atoms with Crippen LogP contribution in [0.25, 0.3) is 11.1 Å². The molecule has 0 atom stereocenters. The minimum absolute atomic E-state index is 0.0738. The first-order valence-electron chi connectivity index (χ1n) is 4.89. The summed E-state index contributed by atoms with van der Waals surface area (Å²) in [6, 6.07) is 7.78. The van der Waals surface area contributed by atoms with Gasteiger partial charge in [0.25, 0.3) is 0 Å². The predicted octanol–water partition coefficient (Wildman–Crippen LogP) is 3.09. The predicted molar refractivity (Wildman–Crippen MR) is 59.6 cm³/mol. The van der Waals surface area contributed by atoms with E-state index in [0.29, 0.717) is 11.1 Å². The third-order valence-corrected chi connectivity index (χ3v) is 2.36. The molecule has 1 aromatic heterocycles. The molecule has 0 spiro atoms. The normalized spacial score (nSPS) is 10.1. The van der Waals surface area contributed by atoms with Crippen LogP contribution in [0.2, 0.25) is 0 Å². The van der Waals surface area contributed by atoms with Gasteiger partial charge in [0.1, 0.15) is 5.82 Å². The van der Waals surface area contributed by atoms with Crippen molar-refractivity contribution in [1.29, 1.82) is 0 Å². The molecule has 0 saturated heterocycles. The van der Waals surface area contributed by atoms with E-state index in [1.165, 1.54) is 19.1 Å². The van der Waals surface area contributed by atoms with Crippen LogP contribution in [0.15, 0.2) is 42.7 Å². The Bertz CT molecular complexity index is 523. The molecule has 2 rings (SSSR count). The van der Waals surface area contributed by atoms with Gasteiger partial charge in [-0.3, -0.25) is 9.78 Å². The highest BCUT2D eigenvalue weighted by Gasteiger charge is 2.07. The van der Waals surface area contributed by atoms with Crippen molar-refractivity contribution in [2.75, 3.05) is 0 Å². The Morgan fingerprint density at radius 2 is 1.88 bits per heavy atom. The number of carbonyl (C=O) groups is 1. The average Bonchev–Trinajstić information content (AvgIpc) is 2.30. The number of pyridine rings is 1. The summed E-state index contributed by atoms with van der Waals surface area (Å²) in [5, 5.41) is 0. The van der Waals surface area contributed by atoms with Crippen LogP contribution in [-0.2, 0) is 0 Å². The lowest BCUT2D eigenvalue weighted by atomic mass is 10.0. The number of Topliss-reactive ketones (excluding diaryl/α,β-unsaturated/α-hetero) is 1. The number of hydrogen-bond donors (Lipinski definition) is 0. The van der Waals surface area contributed by atoms with Crippen LogP contribution in [0.5, 0.6) is 0 Å². The summed E-state index contributed by atoms with van der Waals surface area (Å²) in [6.45, 7) is 1.46. The van der Waals surface area contributed by atoms with Crippen LogP contribution >= 0.6 is 0 Å². The van der Waals surface area contributed by atoms with Crippen molar-refractivity contribution < 1.29 is 9.18 Å². The van der Waals surface area contributed by atoms with E-state index in [-0.39, 0.29) is 11.6 Å². The highest BCUT2D eigenvalue weighted by Crippen LogP contribution is 2.23. The smallest absolute Gasteiger partial charge is 0.159 e. The summed E-state index contributed by atoms with van der Waals surface area (Å²) in [7, 11) is 0.